The lowest BCUT2D eigenvalue weighted by Crippen LogP contribution is -2.14. The summed E-state index contributed by atoms with van der Waals surface area (Å²) in [6, 6.07) is 21.5. The van der Waals surface area contributed by atoms with Crippen molar-refractivity contribution >= 4 is 22.4 Å². The number of anilines is 1. The number of amides is 1. The normalized spacial score (nSPS) is 10.3. The summed E-state index contributed by atoms with van der Waals surface area (Å²) in [6.07, 6.45) is 0. The molecule has 1 amide bonds. The molecular formula is C25H27N3O2. The van der Waals surface area contributed by atoms with Gasteiger partial charge in [0.25, 0.3) is 5.91 Å². The Bertz CT molecular complexity index is 1170. The van der Waals surface area contributed by atoms with Crippen molar-refractivity contribution in [3.8, 4) is 11.4 Å². The van der Waals surface area contributed by atoms with E-state index in [-0.39, 0.29) is 5.91 Å². The Morgan fingerprint density at radius 1 is 0.933 bits per heavy atom. The first-order valence-electron chi connectivity index (χ1n) is 10.1. The van der Waals surface area contributed by atoms with E-state index in [1.54, 1.807) is 7.11 Å². The fourth-order valence-corrected chi connectivity index (χ4v) is 3.54. The molecular weight excluding hydrogens is 374 g/mol. The minimum Gasteiger partial charge on any atom is -0.495 e. The first-order valence-corrected chi connectivity index (χ1v) is 10.1. The highest BCUT2D eigenvalue weighted by Gasteiger charge is 2.20. The summed E-state index contributed by atoms with van der Waals surface area (Å²) in [5.74, 6) is 1.22. The van der Waals surface area contributed by atoms with Crippen molar-refractivity contribution in [3.63, 3.8) is 0 Å². The average molecular weight is 402 g/mol. The maximum atomic E-state index is 13.0. The number of nitrogens with zero attached hydrogens (tertiary/aromatic N) is 2. The number of benzene rings is 3. The summed E-state index contributed by atoms with van der Waals surface area (Å²) >= 11 is 0. The Labute approximate surface area is 177 Å². The van der Waals surface area contributed by atoms with Crippen LogP contribution in [0.3, 0.4) is 0 Å². The summed E-state index contributed by atoms with van der Waals surface area (Å²) in [6.45, 7) is 7.78. The summed E-state index contributed by atoms with van der Waals surface area (Å²) in [5.41, 5.74) is 2.79. The summed E-state index contributed by atoms with van der Waals surface area (Å²) < 4.78 is 7.42. The number of fused-ring (bicyclic) bond motifs is 1. The van der Waals surface area contributed by atoms with E-state index < -0.39 is 0 Å². The monoisotopic (exact) mass is 401 g/mol. The molecule has 0 atom stereocenters. The van der Waals surface area contributed by atoms with Crippen LogP contribution in [0.5, 0.6) is 5.75 Å². The number of carbonyl (C=O) groups excluding carboxylic acids is 1. The molecule has 0 aliphatic heterocycles. The number of nitrogens with one attached hydrogen (secondary N) is 1. The van der Waals surface area contributed by atoms with Crippen LogP contribution >= 0.6 is 0 Å². The van der Waals surface area contributed by atoms with E-state index in [1.165, 1.54) is 0 Å². The maximum absolute atomic E-state index is 13.0. The van der Waals surface area contributed by atoms with Gasteiger partial charge in [0.15, 0.2) is 0 Å². The number of imidazole rings is 1. The lowest BCUT2D eigenvalue weighted by Gasteiger charge is -2.12. The van der Waals surface area contributed by atoms with E-state index in [0.717, 1.165) is 39.4 Å². The highest BCUT2D eigenvalue weighted by molar-refractivity contribution is 6.08. The van der Waals surface area contributed by atoms with Gasteiger partial charge >= 0.3 is 0 Å². The van der Waals surface area contributed by atoms with Crippen molar-refractivity contribution in [3.05, 3.63) is 83.9 Å². The second-order valence-corrected chi connectivity index (χ2v) is 6.58. The van der Waals surface area contributed by atoms with Gasteiger partial charge in [-0.25, -0.2) is 4.98 Å². The number of carbonyl (C=O) groups is 1. The first-order chi connectivity index (χ1) is 14.6. The molecule has 30 heavy (non-hydrogen) atoms. The van der Waals surface area contributed by atoms with Gasteiger partial charge in [-0.3, -0.25) is 9.36 Å². The van der Waals surface area contributed by atoms with Crippen LogP contribution in [0, 0.1) is 13.8 Å². The van der Waals surface area contributed by atoms with Crippen LogP contribution in [0.2, 0.25) is 0 Å². The van der Waals surface area contributed by atoms with Crippen molar-refractivity contribution in [2.45, 2.75) is 27.7 Å². The van der Waals surface area contributed by atoms with Crippen LogP contribution in [-0.4, -0.2) is 22.6 Å². The predicted octanol–water partition coefficient (Wildman–Crippen LogP) is 5.93. The molecule has 0 saturated carbocycles. The zero-order valence-corrected chi connectivity index (χ0v) is 18.1. The standard InChI is InChI=1S/C23H21N3O2.C2H6/c1-15-22(24-16(2)26(15)20-13-6-7-14-21(20)28-3)23(27)25-19-12-8-10-17-9-4-5-11-18(17)19;1-2/h4-14H,1-3H3,(H,25,27);1-2H3. The fourth-order valence-electron chi connectivity index (χ4n) is 3.54. The van der Waals surface area contributed by atoms with Crippen molar-refractivity contribution in [2.75, 3.05) is 12.4 Å². The van der Waals surface area contributed by atoms with E-state index in [9.17, 15) is 4.79 Å². The van der Waals surface area contributed by atoms with Crippen LogP contribution in [0.4, 0.5) is 5.69 Å². The zero-order valence-electron chi connectivity index (χ0n) is 18.1. The quantitative estimate of drug-likeness (QED) is 0.461. The van der Waals surface area contributed by atoms with Crippen LogP contribution in [0.15, 0.2) is 66.7 Å². The van der Waals surface area contributed by atoms with Crippen LogP contribution in [0.1, 0.15) is 35.9 Å². The SMILES string of the molecule is CC.COc1ccccc1-n1c(C)nc(C(=O)Nc2cccc3ccccc23)c1C. The molecule has 0 unspecified atom stereocenters. The maximum Gasteiger partial charge on any atom is 0.276 e. The molecule has 0 aliphatic carbocycles. The predicted molar refractivity (Wildman–Crippen MR) is 123 cm³/mol. The van der Waals surface area contributed by atoms with E-state index >= 15 is 0 Å². The molecule has 154 valence electrons. The molecule has 1 N–H and O–H groups in total. The number of methoxy groups -OCH3 is 1. The largest absolute Gasteiger partial charge is 0.495 e. The van der Waals surface area contributed by atoms with Gasteiger partial charge in [0.2, 0.25) is 0 Å². The van der Waals surface area contributed by atoms with Crippen LogP contribution in [0.25, 0.3) is 16.5 Å². The van der Waals surface area contributed by atoms with Crippen molar-refractivity contribution in [1.82, 2.24) is 9.55 Å². The molecule has 1 heterocycles. The van der Waals surface area contributed by atoms with E-state index in [4.69, 9.17) is 4.74 Å². The zero-order chi connectivity index (χ0) is 21.7. The van der Waals surface area contributed by atoms with Crippen molar-refractivity contribution < 1.29 is 9.53 Å². The van der Waals surface area contributed by atoms with Gasteiger partial charge in [0.1, 0.15) is 17.3 Å². The third kappa shape index (κ3) is 3.92. The number of hydrogen-bond donors (Lipinski definition) is 1. The number of ether oxygens (including phenoxy) is 1. The number of aromatic nitrogens is 2. The summed E-state index contributed by atoms with van der Waals surface area (Å²) in [5, 5.41) is 5.09. The Hall–Kier alpha value is -3.60. The summed E-state index contributed by atoms with van der Waals surface area (Å²) in [7, 11) is 1.63. The van der Waals surface area contributed by atoms with Gasteiger partial charge in [-0.15, -0.1) is 0 Å². The molecule has 5 nitrogen and oxygen atoms in total. The lowest BCUT2D eigenvalue weighted by atomic mass is 10.1. The molecule has 0 bridgehead atoms. The van der Waals surface area contributed by atoms with Gasteiger partial charge in [-0.1, -0.05) is 62.4 Å². The van der Waals surface area contributed by atoms with Gasteiger partial charge in [0, 0.05) is 11.1 Å². The van der Waals surface area contributed by atoms with Crippen molar-refractivity contribution in [1.29, 1.82) is 0 Å². The minimum atomic E-state index is -0.231. The van der Waals surface area contributed by atoms with Crippen LogP contribution < -0.4 is 10.1 Å². The number of hydrogen-bond acceptors (Lipinski definition) is 3. The molecule has 1 aromatic heterocycles. The van der Waals surface area contributed by atoms with Gasteiger partial charge < -0.3 is 10.1 Å². The third-order valence-corrected chi connectivity index (χ3v) is 4.85. The highest BCUT2D eigenvalue weighted by atomic mass is 16.5. The first kappa shape index (κ1) is 21.1. The Kier molecular flexibility index (Phi) is 6.52. The molecule has 4 aromatic rings. The fraction of sp³-hybridized carbons (Fsp3) is 0.200. The second-order valence-electron chi connectivity index (χ2n) is 6.58. The third-order valence-electron chi connectivity index (χ3n) is 4.85. The molecule has 4 rings (SSSR count). The van der Waals surface area contributed by atoms with Crippen molar-refractivity contribution in [2.24, 2.45) is 0 Å². The molecule has 0 spiro atoms. The summed E-state index contributed by atoms with van der Waals surface area (Å²) in [4.78, 5) is 17.5. The molecule has 0 saturated heterocycles. The Balaban J connectivity index is 0.00000124. The number of aryl methyl sites for hydroxylation is 1. The second kappa shape index (κ2) is 9.27. The lowest BCUT2D eigenvalue weighted by molar-refractivity contribution is 0.102. The molecule has 3 aromatic carbocycles. The smallest absolute Gasteiger partial charge is 0.276 e. The van der Waals surface area contributed by atoms with Gasteiger partial charge in [0.05, 0.1) is 18.5 Å². The number of rotatable bonds is 4. The van der Waals surface area contributed by atoms with Gasteiger partial charge in [-0.05, 0) is 37.4 Å². The molecule has 5 heteroatoms. The molecule has 0 fully saturated rings. The number of para-hydroxylation sites is 2. The Morgan fingerprint density at radius 2 is 1.60 bits per heavy atom. The van der Waals surface area contributed by atoms with E-state index in [2.05, 4.69) is 10.3 Å². The van der Waals surface area contributed by atoms with E-state index in [1.807, 2.05) is 99.0 Å². The van der Waals surface area contributed by atoms with E-state index in [0.29, 0.717) is 5.69 Å². The van der Waals surface area contributed by atoms with Gasteiger partial charge in [-0.2, -0.15) is 0 Å². The van der Waals surface area contributed by atoms with Crippen LogP contribution in [-0.2, 0) is 0 Å². The molecule has 0 radical (unpaired) electrons. The topological polar surface area (TPSA) is 56.2 Å². The highest BCUT2D eigenvalue weighted by Crippen LogP contribution is 2.28. The molecule has 0 aliphatic rings. The average Bonchev–Trinajstić information content (AvgIpc) is 3.09. The minimum absolute atomic E-state index is 0.231. The Morgan fingerprint density at radius 3 is 2.37 bits per heavy atom.